The molecular formula is C16H27F3N2O2. The first-order valence-corrected chi connectivity index (χ1v) is 8.47. The Kier molecular flexibility index (Phi) is 5.48. The minimum atomic E-state index is -4.63. The summed E-state index contributed by atoms with van der Waals surface area (Å²) in [6, 6.07) is -0.192. The van der Waals surface area contributed by atoms with E-state index in [2.05, 4.69) is 19.2 Å². The summed E-state index contributed by atoms with van der Waals surface area (Å²) in [4.78, 5) is 13.6. The highest BCUT2D eigenvalue weighted by atomic mass is 19.4. The van der Waals surface area contributed by atoms with Gasteiger partial charge in [-0.15, -0.1) is 0 Å². The molecule has 0 aromatic rings. The summed E-state index contributed by atoms with van der Waals surface area (Å²) in [5.41, 5.74) is -2.65. The van der Waals surface area contributed by atoms with Crippen LogP contribution in [0, 0.1) is 11.8 Å². The van der Waals surface area contributed by atoms with Gasteiger partial charge >= 0.3 is 12.2 Å². The van der Waals surface area contributed by atoms with Crippen LogP contribution in [0.4, 0.5) is 18.0 Å². The molecule has 0 spiro atoms. The lowest BCUT2D eigenvalue weighted by atomic mass is 9.80. The molecule has 2 N–H and O–H groups in total. The molecule has 134 valence electrons. The summed E-state index contributed by atoms with van der Waals surface area (Å²) in [7, 11) is 0. The lowest BCUT2D eigenvalue weighted by Gasteiger charge is -2.40. The van der Waals surface area contributed by atoms with Crippen molar-refractivity contribution < 1.29 is 23.1 Å². The van der Waals surface area contributed by atoms with Crippen LogP contribution in [0.15, 0.2) is 0 Å². The monoisotopic (exact) mass is 336 g/mol. The molecule has 1 saturated carbocycles. The Labute approximate surface area is 135 Å². The number of halogens is 3. The number of hydrogen-bond donors (Lipinski definition) is 2. The van der Waals surface area contributed by atoms with Crippen molar-refractivity contribution in [3.8, 4) is 0 Å². The van der Waals surface area contributed by atoms with Crippen molar-refractivity contribution in [3.05, 3.63) is 0 Å². The van der Waals surface area contributed by atoms with Gasteiger partial charge in [-0.3, -0.25) is 0 Å². The SMILES string of the molecule is CC(C)C1CCC(NC(=O)N2CCC(O)(C(F)(F)F)CC2)CC1. The third-order valence-corrected chi connectivity index (χ3v) is 5.45. The normalized spacial score (nSPS) is 28.7. The zero-order valence-corrected chi connectivity index (χ0v) is 13.8. The standard InChI is InChI=1S/C16H27F3N2O2/c1-11(2)12-3-5-13(6-4-12)20-14(22)21-9-7-15(23,8-10-21)16(17,18)19/h11-13,23H,3-10H2,1-2H3,(H,20,22). The lowest BCUT2D eigenvalue weighted by molar-refractivity contribution is -0.271. The van der Waals surface area contributed by atoms with Crippen LogP contribution >= 0.6 is 0 Å². The molecule has 0 aromatic carbocycles. The van der Waals surface area contributed by atoms with E-state index in [4.69, 9.17) is 0 Å². The lowest BCUT2D eigenvalue weighted by Crippen LogP contribution is -2.56. The number of piperidine rings is 1. The van der Waals surface area contributed by atoms with Gasteiger partial charge in [-0.05, 0) is 37.5 Å². The summed E-state index contributed by atoms with van der Waals surface area (Å²) < 4.78 is 38.3. The molecule has 2 amide bonds. The number of aliphatic hydroxyl groups is 1. The third-order valence-electron chi connectivity index (χ3n) is 5.45. The van der Waals surface area contributed by atoms with Crippen LogP contribution in [0.5, 0.6) is 0 Å². The van der Waals surface area contributed by atoms with E-state index in [1.807, 2.05) is 0 Å². The van der Waals surface area contributed by atoms with E-state index < -0.39 is 24.6 Å². The van der Waals surface area contributed by atoms with Crippen LogP contribution in [0.25, 0.3) is 0 Å². The predicted molar refractivity (Wildman–Crippen MR) is 80.9 cm³/mol. The minimum Gasteiger partial charge on any atom is -0.380 e. The second-order valence-electron chi connectivity index (χ2n) is 7.32. The molecule has 2 rings (SSSR count). The Hall–Kier alpha value is -0.980. The van der Waals surface area contributed by atoms with E-state index in [-0.39, 0.29) is 25.2 Å². The molecule has 0 atom stereocenters. The van der Waals surface area contributed by atoms with Crippen molar-refractivity contribution in [2.24, 2.45) is 11.8 Å². The van der Waals surface area contributed by atoms with E-state index >= 15 is 0 Å². The number of carbonyl (C=O) groups is 1. The second kappa shape index (κ2) is 6.87. The number of likely N-dealkylation sites (tertiary alicyclic amines) is 1. The van der Waals surface area contributed by atoms with Crippen LogP contribution in [-0.4, -0.2) is 46.9 Å². The van der Waals surface area contributed by atoms with Gasteiger partial charge < -0.3 is 15.3 Å². The first-order valence-electron chi connectivity index (χ1n) is 8.47. The van der Waals surface area contributed by atoms with Crippen LogP contribution in [0.2, 0.25) is 0 Å². The van der Waals surface area contributed by atoms with Gasteiger partial charge in [0.05, 0.1) is 0 Å². The number of nitrogens with zero attached hydrogens (tertiary/aromatic N) is 1. The van der Waals surface area contributed by atoms with Gasteiger partial charge in [0.15, 0.2) is 5.60 Å². The van der Waals surface area contributed by atoms with E-state index in [0.717, 1.165) is 25.7 Å². The average Bonchev–Trinajstić information content (AvgIpc) is 2.47. The van der Waals surface area contributed by atoms with Gasteiger partial charge in [0.2, 0.25) is 0 Å². The molecule has 23 heavy (non-hydrogen) atoms. The molecule has 0 bridgehead atoms. The molecular weight excluding hydrogens is 309 g/mol. The maximum atomic E-state index is 12.8. The number of carbonyl (C=O) groups excluding carboxylic acids is 1. The van der Waals surface area contributed by atoms with Gasteiger partial charge in [0, 0.05) is 32.0 Å². The predicted octanol–water partition coefficient (Wildman–Crippen LogP) is 3.30. The van der Waals surface area contributed by atoms with Crippen molar-refractivity contribution in [1.29, 1.82) is 0 Å². The smallest absolute Gasteiger partial charge is 0.380 e. The fraction of sp³-hybridized carbons (Fsp3) is 0.938. The van der Waals surface area contributed by atoms with Gasteiger partial charge in [-0.25, -0.2) is 4.79 Å². The molecule has 1 aliphatic heterocycles. The Morgan fingerprint density at radius 3 is 2.13 bits per heavy atom. The van der Waals surface area contributed by atoms with E-state index in [0.29, 0.717) is 11.8 Å². The molecule has 0 unspecified atom stereocenters. The summed E-state index contributed by atoms with van der Waals surface area (Å²) in [5, 5.41) is 12.6. The number of urea groups is 1. The van der Waals surface area contributed by atoms with E-state index in [9.17, 15) is 23.1 Å². The van der Waals surface area contributed by atoms with Crippen molar-refractivity contribution in [2.45, 2.75) is 70.2 Å². The van der Waals surface area contributed by atoms with Crippen molar-refractivity contribution in [1.82, 2.24) is 10.2 Å². The Morgan fingerprint density at radius 1 is 1.17 bits per heavy atom. The second-order valence-corrected chi connectivity index (χ2v) is 7.32. The Balaban J connectivity index is 1.78. The quantitative estimate of drug-likeness (QED) is 0.813. The van der Waals surface area contributed by atoms with Gasteiger partial charge in [0.25, 0.3) is 0 Å². The Bertz CT molecular complexity index is 410. The van der Waals surface area contributed by atoms with Gasteiger partial charge in [-0.1, -0.05) is 13.8 Å². The fourth-order valence-corrected chi connectivity index (χ4v) is 3.56. The molecule has 7 heteroatoms. The highest BCUT2D eigenvalue weighted by Crippen LogP contribution is 2.38. The summed E-state index contributed by atoms with van der Waals surface area (Å²) >= 11 is 0. The summed E-state index contributed by atoms with van der Waals surface area (Å²) in [6.07, 6.45) is -1.53. The third kappa shape index (κ3) is 4.31. The Morgan fingerprint density at radius 2 is 1.70 bits per heavy atom. The topological polar surface area (TPSA) is 52.6 Å². The molecule has 1 heterocycles. The molecule has 2 aliphatic rings. The van der Waals surface area contributed by atoms with Crippen LogP contribution < -0.4 is 5.32 Å². The fourth-order valence-electron chi connectivity index (χ4n) is 3.56. The average molecular weight is 336 g/mol. The van der Waals surface area contributed by atoms with Crippen LogP contribution in [-0.2, 0) is 0 Å². The number of amides is 2. The van der Waals surface area contributed by atoms with E-state index in [1.165, 1.54) is 4.90 Å². The maximum Gasteiger partial charge on any atom is 0.417 e. The molecule has 0 radical (unpaired) electrons. The highest BCUT2D eigenvalue weighted by molar-refractivity contribution is 5.74. The zero-order valence-electron chi connectivity index (χ0n) is 13.8. The van der Waals surface area contributed by atoms with Gasteiger partial charge in [0.1, 0.15) is 0 Å². The maximum absolute atomic E-state index is 12.8. The van der Waals surface area contributed by atoms with E-state index in [1.54, 1.807) is 0 Å². The van der Waals surface area contributed by atoms with Crippen LogP contribution in [0.1, 0.15) is 52.4 Å². The summed E-state index contributed by atoms with van der Waals surface area (Å²) in [5.74, 6) is 1.34. The first-order chi connectivity index (χ1) is 10.6. The van der Waals surface area contributed by atoms with Crippen LogP contribution in [0.3, 0.4) is 0 Å². The van der Waals surface area contributed by atoms with Crippen molar-refractivity contribution in [2.75, 3.05) is 13.1 Å². The number of rotatable bonds is 2. The largest absolute Gasteiger partial charge is 0.417 e. The zero-order chi connectivity index (χ0) is 17.3. The molecule has 2 fully saturated rings. The van der Waals surface area contributed by atoms with Crippen molar-refractivity contribution >= 4 is 6.03 Å². The number of alkyl halides is 3. The number of hydrogen-bond acceptors (Lipinski definition) is 2. The highest BCUT2D eigenvalue weighted by Gasteiger charge is 2.54. The number of nitrogens with one attached hydrogen (secondary N) is 1. The molecule has 4 nitrogen and oxygen atoms in total. The molecule has 1 saturated heterocycles. The molecule has 1 aliphatic carbocycles. The van der Waals surface area contributed by atoms with Gasteiger partial charge in [-0.2, -0.15) is 13.2 Å². The summed E-state index contributed by atoms with van der Waals surface area (Å²) in [6.45, 7) is 4.28. The van der Waals surface area contributed by atoms with Crippen molar-refractivity contribution in [3.63, 3.8) is 0 Å². The minimum absolute atomic E-state index is 0.0663. The first kappa shape index (κ1) is 18.4. The molecule has 0 aromatic heterocycles.